The van der Waals surface area contributed by atoms with Crippen LogP contribution in [0.1, 0.15) is 28.9 Å². The van der Waals surface area contributed by atoms with Gasteiger partial charge in [-0.2, -0.15) is 0 Å². The molecule has 7 rings (SSSR count). The molecule has 4 aromatic carbocycles. The van der Waals surface area contributed by atoms with Gasteiger partial charge in [-0.15, -0.1) is 0 Å². The van der Waals surface area contributed by atoms with Crippen molar-refractivity contribution < 1.29 is 9.21 Å². The molecule has 0 saturated carbocycles. The second-order valence-corrected chi connectivity index (χ2v) is 8.91. The molecule has 0 aliphatic carbocycles. The Hall–Kier alpha value is -4.64. The molecule has 1 N–H and O–H groups in total. The number of rotatable bonds is 3. The van der Waals surface area contributed by atoms with Crippen molar-refractivity contribution in [3.8, 4) is 0 Å². The van der Waals surface area contributed by atoms with Crippen LogP contribution in [0.2, 0.25) is 0 Å². The number of hydrogen-bond donors (Lipinski definition) is 1. The fourth-order valence-electron chi connectivity index (χ4n) is 5.23. The lowest BCUT2D eigenvalue weighted by molar-refractivity contribution is 0.102. The van der Waals surface area contributed by atoms with Gasteiger partial charge in [-0.3, -0.25) is 9.36 Å². The molecule has 6 aromatic rings. The summed E-state index contributed by atoms with van der Waals surface area (Å²) < 4.78 is 8.21. The molecular formula is C30H21N3O2. The number of allylic oxidation sites excluding steroid dienone is 2. The number of ketones is 1. The molecule has 0 amide bonds. The first kappa shape index (κ1) is 19.8. The van der Waals surface area contributed by atoms with E-state index in [0.717, 1.165) is 50.2 Å². The van der Waals surface area contributed by atoms with Crippen molar-refractivity contribution in [2.75, 3.05) is 5.32 Å². The van der Waals surface area contributed by atoms with Gasteiger partial charge < -0.3 is 9.73 Å². The molecule has 2 aromatic heterocycles. The molecule has 0 fully saturated rings. The number of fused-ring (bicyclic) bond motifs is 6. The van der Waals surface area contributed by atoms with Crippen molar-refractivity contribution in [1.29, 1.82) is 0 Å². The van der Waals surface area contributed by atoms with Crippen molar-refractivity contribution in [2.24, 2.45) is 0 Å². The van der Waals surface area contributed by atoms with Gasteiger partial charge in [0.15, 0.2) is 5.78 Å². The number of carbonyl (C=O) groups is 1. The van der Waals surface area contributed by atoms with Crippen molar-refractivity contribution in [1.82, 2.24) is 9.55 Å². The molecule has 5 heteroatoms. The Morgan fingerprint density at radius 2 is 1.60 bits per heavy atom. The maximum atomic E-state index is 13.9. The van der Waals surface area contributed by atoms with E-state index in [4.69, 9.17) is 9.40 Å². The predicted octanol–water partition coefficient (Wildman–Crippen LogP) is 7.11. The van der Waals surface area contributed by atoms with Crippen molar-refractivity contribution in [2.45, 2.75) is 13.0 Å². The normalized spacial score (nSPS) is 15.5. The summed E-state index contributed by atoms with van der Waals surface area (Å²) in [6.45, 7) is 1.96. The summed E-state index contributed by atoms with van der Waals surface area (Å²) in [4.78, 5) is 18.8. The standard InChI is InChI=1S/C30H21N3O2/c1-18-27(29(34)19-9-3-2-4-10-19)28(33-24-13-7-6-12-23(24)32-30(33)31-18)20-15-16-26-22(17-20)21-11-5-8-14-25(21)35-26/h2-17,28H,1H3,(H,31,32)/t28-/m0/s1. The number of benzene rings is 4. The number of nitrogens with one attached hydrogen (secondary N) is 1. The van der Waals surface area contributed by atoms with E-state index in [-0.39, 0.29) is 11.8 Å². The van der Waals surface area contributed by atoms with Gasteiger partial charge in [0.25, 0.3) is 0 Å². The van der Waals surface area contributed by atoms with Crippen LogP contribution in [-0.2, 0) is 0 Å². The molecular weight excluding hydrogens is 434 g/mol. The summed E-state index contributed by atoms with van der Waals surface area (Å²) in [7, 11) is 0. The van der Waals surface area contributed by atoms with Crippen LogP contribution in [0.5, 0.6) is 0 Å². The Labute approximate surface area is 201 Å². The molecule has 0 bridgehead atoms. The average Bonchev–Trinajstić information content (AvgIpc) is 3.45. The highest BCUT2D eigenvalue weighted by atomic mass is 16.3. The number of carbonyl (C=O) groups excluding carboxylic acids is 1. The van der Waals surface area contributed by atoms with Crippen LogP contribution in [0, 0.1) is 0 Å². The Morgan fingerprint density at radius 3 is 2.49 bits per heavy atom. The van der Waals surface area contributed by atoms with Crippen LogP contribution in [0.25, 0.3) is 33.0 Å². The number of aromatic nitrogens is 2. The lowest BCUT2D eigenvalue weighted by Crippen LogP contribution is -2.28. The van der Waals surface area contributed by atoms with Crippen LogP contribution < -0.4 is 5.32 Å². The highest BCUT2D eigenvalue weighted by molar-refractivity contribution is 6.11. The van der Waals surface area contributed by atoms with Crippen LogP contribution in [-0.4, -0.2) is 15.3 Å². The first-order valence-corrected chi connectivity index (χ1v) is 11.6. The Morgan fingerprint density at radius 1 is 0.857 bits per heavy atom. The monoisotopic (exact) mass is 455 g/mol. The summed E-state index contributed by atoms with van der Waals surface area (Å²) in [6, 6.07) is 31.4. The van der Waals surface area contributed by atoms with Gasteiger partial charge in [0.05, 0.1) is 17.1 Å². The van der Waals surface area contributed by atoms with E-state index in [9.17, 15) is 4.79 Å². The third-order valence-corrected chi connectivity index (χ3v) is 6.83. The Balaban J connectivity index is 1.51. The van der Waals surface area contributed by atoms with Gasteiger partial charge in [0, 0.05) is 27.6 Å². The van der Waals surface area contributed by atoms with E-state index in [1.54, 1.807) is 0 Å². The molecule has 0 saturated heterocycles. The summed E-state index contributed by atoms with van der Waals surface area (Å²) in [5, 5.41) is 5.50. The largest absolute Gasteiger partial charge is 0.456 e. The number of nitrogens with zero attached hydrogens (tertiary/aromatic N) is 2. The zero-order valence-electron chi connectivity index (χ0n) is 19.0. The van der Waals surface area contributed by atoms with E-state index in [0.29, 0.717) is 11.1 Å². The fourth-order valence-corrected chi connectivity index (χ4v) is 5.23. The first-order valence-electron chi connectivity index (χ1n) is 11.6. The second-order valence-electron chi connectivity index (χ2n) is 8.91. The van der Waals surface area contributed by atoms with Crippen LogP contribution >= 0.6 is 0 Å². The van der Waals surface area contributed by atoms with Crippen molar-refractivity contribution >= 4 is 44.7 Å². The van der Waals surface area contributed by atoms with Crippen LogP contribution in [0.4, 0.5) is 5.95 Å². The predicted molar refractivity (Wildman–Crippen MR) is 139 cm³/mol. The van der Waals surface area contributed by atoms with E-state index in [2.05, 4.69) is 34.1 Å². The van der Waals surface area contributed by atoms with Crippen molar-refractivity contribution in [3.63, 3.8) is 0 Å². The molecule has 1 atom stereocenters. The number of anilines is 1. The zero-order chi connectivity index (χ0) is 23.5. The van der Waals surface area contributed by atoms with Crippen LogP contribution in [0.3, 0.4) is 0 Å². The number of Topliss-reactive ketones (excluding diaryl/α,β-unsaturated/α-hetero) is 1. The van der Waals surface area contributed by atoms with E-state index >= 15 is 0 Å². The minimum Gasteiger partial charge on any atom is -0.456 e. The zero-order valence-corrected chi connectivity index (χ0v) is 19.0. The molecule has 1 aliphatic rings. The van der Waals surface area contributed by atoms with E-state index in [1.807, 2.05) is 79.7 Å². The SMILES string of the molecule is CC1=C(C(=O)c2ccccc2)[C@H](c2ccc3oc4ccccc4c3c2)n2c(nc3ccccc32)N1. The highest BCUT2D eigenvalue weighted by Gasteiger charge is 2.34. The molecule has 5 nitrogen and oxygen atoms in total. The average molecular weight is 456 g/mol. The van der Waals surface area contributed by atoms with Gasteiger partial charge in [-0.25, -0.2) is 4.98 Å². The fraction of sp³-hybridized carbons (Fsp3) is 0.0667. The Kier molecular flexibility index (Phi) is 4.20. The molecule has 0 unspecified atom stereocenters. The summed E-state index contributed by atoms with van der Waals surface area (Å²) >= 11 is 0. The molecule has 0 spiro atoms. The van der Waals surface area contributed by atoms with Gasteiger partial charge >= 0.3 is 0 Å². The topological polar surface area (TPSA) is 60.1 Å². The summed E-state index contributed by atoms with van der Waals surface area (Å²) in [5.74, 6) is 0.733. The third-order valence-electron chi connectivity index (χ3n) is 6.83. The van der Waals surface area contributed by atoms with Crippen molar-refractivity contribution in [3.05, 3.63) is 119 Å². The number of furan rings is 1. The second kappa shape index (κ2) is 7.43. The van der Waals surface area contributed by atoms with Gasteiger partial charge in [0.1, 0.15) is 11.2 Å². The summed E-state index contributed by atoms with van der Waals surface area (Å²) in [6.07, 6.45) is 0. The number of imidazole rings is 1. The smallest absolute Gasteiger partial charge is 0.209 e. The number of para-hydroxylation sites is 3. The van der Waals surface area contributed by atoms with E-state index in [1.165, 1.54) is 0 Å². The minimum absolute atomic E-state index is 0.00109. The maximum Gasteiger partial charge on any atom is 0.209 e. The molecule has 35 heavy (non-hydrogen) atoms. The molecule has 1 aliphatic heterocycles. The third kappa shape index (κ3) is 2.95. The van der Waals surface area contributed by atoms with Gasteiger partial charge in [-0.05, 0) is 42.8 Å². The lowest BCUT2D eigenvalue weighted by Gasteiger charge is -2.31. The maximum absolute atomic E-state index is 13.9. The van der Waals surface area contributed by atoms with E-state index < -0.39 is 0 Å². The molecule has 3 heterocycles. The van der Waals surface area contributed by atoms with Crippen LogP contribution in [0.15, 0.2) is 113 Å². The molecule has 168 valence electrons. The first-order chi connectivity index (χ1) is 17.2. The van der Waals surface area contributed by atoms with Gasteiger partial charge in [0.2, 0.25) is 5.95 Å². The lowest BCUT2D eigenvalue weighted by atomic mass is 9.88. The molecule has 0 radical (unpaired) electrons. The minimum atomic E-state index is -0.343. The summed E-state index contributed by atoms with van der Waals surface area (Å²) in [5.41, 5.74) is 6.73. The Bertz CT molecular complexity index is 1810. The van der Waals surface area contributed by atoms with Gasteiger partial charge in [-0.1, -0.05) is 66.7 Å². The quantitative estimate of drug-likeness (QED) is 0.289. The number of hydrogen-bond acceptors (Lipinski definition) is 4. The highest BCUT2D eigenvalue weighted by Crippen LogP contribution is 2.42.